The second kappa shape index (κ2) is 8.97. The Bertz CT molecular complexity index is 853. The van der Waals surface area contributed by atoms with E-state index in [1.807, 2.05) is 0 Å². The highest BCUT2D eigenvalue weighted by Crippen LogP contribution is 2.29. The number of hydrogen-bond acceptors (Lipinski definition) is 4. The van der Waals surface area contributed by atoms with Gasteiger partial charge in [0, 0.05) is 10.7 Å². The van der Waals surface area contributed by atoms with Crippen molar-refractivity contribution < 1.29 is 32.2 Å². The molecule has 0 saturated carbocycles. The number of nitrogens with one attached hydrogen (secondary N) is 1. The fourth-order valence-corrected chi connectivity index (χ4v) is 2.41. The van der Waals surface area contributed by atoms with Crippen molar-refractivity contribution in [1.29, 1.82) is 0 Å². The average molecular weight is 416 g/mol. The molecule has 0 aliphatic carbocycles. The number of carbonyl (C=O) groups is 2. The van der Waals surface area contributed by atoms with Gasteiger partial charge in [0.05, 0.1) is 5.56 Å². The largest absolute Gasteiger partial charge is 0.482 e. The van der Waals surface area contributed by atoms with Crippen LogP contribution in [0.3, 0.4) is 0 Å². The van der Waals surface area contributed by atoms with Gasteiger partial charge in [0.2, 0.25) is 0 Å². The molecule has 0 aromatic heterocycles. The number of benzene rings is 2. The van der Waals surface area contributed by atoms with Gasteiger partial charge in [-0.15, -0.1) is 0 Å². The zero-order valence-corrected chi connectivity index (χ0v) is 15.7. The van der Waals surface area contributed by atoms with Gasteiger partial charge < -0.3 is 14.8 Å². The molecule has 0 heterocycles. The summed E-state index contributed by atoms with van der Waals surface area (Å²) >= 11 is 5.83. The van der Waals surface area contributed by atoms with Gasteiger partial charge in [0.15, 0.2) is 12.7 Å². The molecule has 2 rings (SSSR count). The monoisotopic (exact) mass is 415 g/mol. The summed E-state index contributed by atoms with van der Waals surface area (Å²) in [6, 6.07) is 8.79. The molecule has 5 nitrogen and oxygen atoms in total. The summed E-state index contributed by atoms with van der Waals surface area (Å²) < 4.78 is 47.9. The van der Waals surface area contributed by atoms with Crippen molar-refractivity contribution in [1.82, 2.24) is 0 Å². The molecule has 0 unspecified atom stereocenters. The number of rotatable bonds is 6. The highest BCUT2D eigenvalue weighted by molar-refractivity contribution is 6.30. The summed E-state index contributed by atoms with van der Waals surface area (Å²) in [6.45, 7) is 2.68. The number of anilines is 1. The lowest BCUT2D eigenvalue weighted by Crippen LogP contribution is -2.31. The van der Waals surface area contributed by atoms with Gasteiger partial charge in [-0.25, -0.2) is 4.79 Å². The van der Waals surface area contributed by atoms with Crippen molar-refractivity contribution >= 4 is 29.2 Å². The minimum Gasteiger partial charge on any atom is -0.482 e. The van der Waals surface area contributed by atoms with Crippen LogP contribution >= 0.6 is 11.6 Å². The van der Waals surface area contributed by atoms with Crippen LogP contribution in [0.2, 0.25) is 5.02 Å². The Hall–Kier alpha value is -2.74. The van der Waals surface area contributed by atoms with E-state index >= 15 is 0 Å². The second-order valence-electron chi connectivity index (χ2n) is 5.89. The molecule has 2 aromatic carbocycles. The van der Waals surface area contributed by atoms with Crippen molar-refractivity contribution in [3.63, 3.8) is 0 Å². The number of halogens is 4. The summed E-state index contributed by atoms with van der Waals surface area (Å²) in [5.41, 5.74) is 0.0435. The first-order chi connectivity index (χ1) is 13.1. The van der Waals surface area contributed by atoms with E-state index in [4.69, 9.17) is 21.1 Å². The van der Waals surface area contributed by atoms with Gasteiger partial charge in [0.1, 0.15) is 5.75 Å². The smallest absolute Gasteiger partial charge is 0.416 e. The van der Waals surface area contributed by atoms with E-state index in [0.29, 0.717) is 10.8 Å². The van der Waals surface area contributed by atoms with Crippen molar-refractivity contribution in [3.05, 3.63) is 58.6 Å². The van der Waals surface area contributed by atoms with E-state index in [9.17, 15) is 22.8 Å². The van der Waals surface area contributed by atoms with Crippen molar-refractivity contribution in [2.45, 2.75) is 26.1 Å². The van der Waals surface area contributed by atoms with Gasteiger partial charge in [-0.05, 0) is 61.9 Å². The van der Waals surface area contributed by atoms with Crippen LogP contribution in [-0.2, 0) is 20.5 Å². The first-order valence-corrected chi connectivity index (χ1v) is 8.50. The molecule has 0 fully saturated rings. The third-order valence-electron chi connectivity index (χ3n) is 3.64. The van der Waals surface area contributed by atoms with Crippen LogP contribution in [0.15, 0.2) is 42.5 Å². The summed E-state index contributed by atoms with van der Waals surface area (Å²) in [6.07, 6.45) is -5.63. The lowest BCUT2D eigenvalue weighted by molar-refractivity contribution is -0.155. The lowest BCUT2D eigenvalue weighted by atomic mass is 10.2. The van der Waals surface area contributed by atoms with Gasteiger partial charge in [-0.2, -0.15) is 13.2 Å². The van der Waals surface area contributed by atoms with Crippen LogP contribution in [-0.4, -0.2) is 24.6 Å². The van der Waals surface area contributed by atoms with Crippen LogP contribution in [0.4, 0.5) is 18.9 Å². The summed E-state index contributed by atoms with van der Waals surface area (Å²) in [4.78, 5) is 23.9. The first kappa shape index (κ1) is 21.6. The Morgan fingerprint density at radius 1 is 1.14 bits per heavy atom. The van der Waals surface area contributed by atoms with E-state index in [-0.39, 0.29) is 5.69 Å². The minimum atomic E-state index is -4.46. The Labute approximate surface area is 164 Å². The van der Waals surface area contributed by atoms with Crippen LogP contribution in [0.1, 0.15) is 18.1 Å². The van der Waals surface area contributed by atoms with Crippen molar-refractivity contribution in [3.8, 4) is 5.75 Å². The van der Waals surface area contributed by atoms with Crippen LogP contribution in [0.25, 0.3) is 0 Å². The summed E-state index contributed by atoms with van der Waals surface area (Å²) in [5, 5.41) is 2.90. The Kier molecular flexibility index (Phi) is 6.90. The number of aryl methyl sites for hydroxylation is 1. The maximum absolute atomic E-state index is 12.5. The Morgan fingerprint density at radius 3 is 2.36 bits per heavy atom. The van der Waals surface area contributed by atoms with E-state index in [2.05, 4.69) is 5.32 Å². The topological polar surface area (TPSA) is 64.6 Å². The summed E-state index contributed by atoms with van der Waals surface area (Å²) in [5.74, 6) is -1.01. The molecule has 0 aliphatic rings. The lowest BCUT2D eigenvalue weighted by Gasteiger charge is -2.15. The number of ether oxygens (including phenoxy) is 2. The molecule has 9 heteroatoms. The van der Waals surface area contributed by atoms with Crippen LogP contribution in [0, 0.1) is 6.92 Å². The maximum atomic E-state index is 12.5. The predicted octanol–water partition coefficient (Wildman–Crippen LogP) is 4.62. The van der Waals surface area contributed by atoms with E-state index < -0.39 is 36.3 Å². The molecule has 0 radical (unpaired) electrons. The fourth-order valence-electron chi connectivity index (χ4n) is 2.18. The quantitative estimate of drug-likeness (QED) is 0.699. The van der Waals surface area contributed by atoms with Gasteiger partial charge >= 0.3 is 12.1 Å². The maximum Gasteiger partial charge on any atom is 0.416 e. The molecule has 28 heavy (non-hydrogen) atoms. The van der Waals surface area contributed by atoms with Gasteiger partial charge in [-0.3, -0.25) is 4.79 Å². The fraction of sp³-hybridized carbons (Fsp3) is 0.263. The molecular weight excluding hydrogens is 399 g/mol. The molecule has 0 aliphatic heterocycles. The van der Waals surface area contributed by atoms with Crippen LogP contribution in [0.5, 0.6) is 5.75 Å². The molecule has 0 bridgehead atoms. The van der Waals surface area contributed by atoms with Crippen molar-refractivity contribution in [2.75, 3.05) is 11.9 Å². The van der Waals surface area contributed by atoms with E-state index in [1.54, 1.807) is 25.1 Å². The van der Waals surface area contributed by atoms with Crippen LogP contribution < -0.4 is 10.1 Å². The van der Waals surface area contributed by atoms with E-state index in [0.717, 1.165) is 29.8 Å². The highest BCUT2D eigenvalue weighted by atomic mass is 35.5. The number of hydrogen-bond donors (Lipinski definition) is 1. The molecular formula is C19H17ClF3NO4. The SMILES string of the molecule is Cc1cc(Cl)ccc1OCC(=O)O[C@@H](C)C(=O)Nc1ccc(C(F)(F)F)cc1. The molecule has 2 aromatic rings. The highest BCUT2D eigenvalue weighted by Gasteiger charge is 2.30. The number of esters is 1. The molecule has 0 spiro atoms. The van der Waals surface area contributed by atoms with Crippen molar-refractivity contribution in [2.24, 2.45) is 0 Å². The average Bonchev–Trinajstić information content (AvgIpc) is 2.60. The predicted molar refractivity (Wildman–Crippen MR) is 97.3 cm³/mol. The molecule has 1 N–H and O–H groups in total. The van der Waals surface area contributed by atoms with E-state index in [1.165, 1.54) is 6.92 Å². The third-order valence-corrected chi connectivity index (χ3v) is 3.87. The zero-order chi connectivity index (χ0) is 20.9. The Morgan fingerprint density at radius 2 is 1.79 bits per heavy atom. The minimum absolute atomic E-state index is 0.147. The number of carbonyl (C=O) groups excluding carboxylic acids is 2. The molecule has 150 valence electrons. The molecule has 1 amide bonds. The third kappa shape index (κ3) is 6.16. The molecule has 1 atom stereocenters. The summed E-state index contributed by atoms with van der Waals surface area (Å²) in [7, 11) is 0. The normalized spacial score (nSPS) is 12.2. The zero-order valence-electron chi connectivity index (χ0n) is 15.0. The molecule has 0 saturated heterocycles. The van der Waals surface area contributed by atoms with Gasteiger partial charge in [0.25, 0.3) is 5.91 Å². The number of amides is 1. The standard InChI is InChI=1S/C19H17ClF3NO4/c1-11-9-14(20)5-8-16(11)27-10-17(25)28-12(2)18(26)24-15-6-3-13(4-7-15)19(21,22)23/h3-9,12H,10H2,1-2H3,(H,24,26)/t12-/m0/s1. The Balaban J connectivity index is 1.85. The first-order valence-electron chi connectivity index (χ1n) is 8.13. The van der Waals surface area contributed by atoms with Gasteiger partial charge in [-0.1, -0.05) is 11.6 Å². The number of alkyl halides is 3. The second-order valence-corrected chi connectivity index (χ2v) is 6.33.